The number of piperidine rings is 1. The molecule has 1 saturated heterocycles. The third-order valence-corrected chi connectivity index (χ3v) is 3.79. The van der Waals surface area contributed by atoms with Crippen molar-refractivity contribution >= 4 is 5.91 Å². The number of benzene rings is 1. The Morgan fingerprint density at radius 2 is 1.95 bits per heavy atom. The Hall–Kier alpha value is -1.42. The first kappa shape index (κ1) is 14.0. The van der Waals surface area contributed by atoms with E-state index in [-0.39, 0.29) is 11.7 Å². The van der Waals surface area contributed by atoms with Crippen molar-refractivity contribution in [3.05, 3.63) is 35.6 Å². The summed E-state index contributed by atoms with van der Waals surface area (Å²) in [6.07, 6.45) is 3.22. The van der Waals surface area contributed by atoms with Crippen molar-refractivity contribution in [2.75, 3.05) is 26.7 Å². The summed E-state index contributed by atoms with van der Waals surface area (Å²) in [6.45, 7) is 2.44. The number of hydrogen-bond donors (Lipinski definition) is 1. The van der Waals surface area contributed by atoms with E-state index in [0.717, 1.165) is 32.4 Å². The van der Waals surface area contributed by atoms with Gasteiger partial charge in [0, 0.05) is 7.05 Å². The van der Waals surface area contributed by atoms with E-state index in [2.05, 4.69) is 10.2 Å². The molecule has 1 heterocycles. The lowest BCUT2D eigenvalue weighted by atomic mass is 9.90. The summed E-state index contributed by atoms with van der Waals surface area (Å²) in [5.41, 5.74) is 1.20. The zero-order valence-corrected chi connectivity index (χ0v) is 11.4. The minimum atomic E-state index is -0.177. The molecule has 0 spiro atoms. The van der Waals surface area contributed by atoms with Gasteiger partial charge in [0.1, 0.15) is 5.82 Å². The van der Waals surface area contributed by atoms with Gasteiger partial charge in [-0.05, 0) is 56.0 Å². The standard InChI is InChI=1S/C15H21FN2O/c1-17-15(19)11-18-8-6-13(7-9-18)10-12-2-4-14(16)5-3-12/h2-5,13H,6-11H2,1H3,(H,17,19). The van der Waals surface area contributed by atoms with Crippen LogP contribution in [0.2, 0.25) is 0 Å². The fourth-order valence-electron chi connectivity index (χ4n) is 2.58. The molecule has 1 aliphatic rings. The van der Waals surface area contributed by atoms with Crippen molar-refractivity contribution < 1.29 is 9.18 Å². The minimum absolute atomic E-state index is 0.0805. The van der Waals surface area contributed by atoms with Gasteiger partial charge >= 0.3 is 0 Å². The fraction of sp³-hybridized carbons (Fsp3) is 0.533. The quantitative estimate of drug-likeness (QED) is 0.900. The predicted molar refractivity (Wildman–Crippen MR) is 73.3 cm³/mol. The Kier molecular flexibility index (Phi) is 4.91. The van der Waals surface area contributed by atoms with Crippen molar-refractivity contribution in [1.29, 1.82) is 0 Å². The maximum Gasteiger partial charge on any atom is 0.233 e. The normalized spacial score (nSPS) is 17.4. The predicted octanol–water partition coefficient (Wildman–Crippen LogP) is 1.83. The van der Waals surface area contributed by atoms with Gasteiger partial charge in [-0.25, -0.2) is 4.39 Å². The molecule has 0 unspecified atom stereocenters. The second-order valence-electron chi connectivity index (χ2n) is 5.22. The Balaban J connectivity index is 1.77. The zero-order valence-electron chi connectivity index (χ0n) is 11.4. The van der Waals surface area contributed by atoms with Crippen molar-refractivity contribution in [2.45, 2.75) is 19.3 Å². The van der Waals surface area contributed by atoms with Crippen molar-refractivity contribution in [2.24, 2.45) is 5.92 Å². The molecule has 19 heavy (non-hydrogen) atoms. The average Bonchev–Trinajstić information content (AvgIpc) is 2.43. The van der Waals surface area contributed by atoms with E-state index in [9.17, 15) is 9.18 Å². The molecule has 0 aromatic heterocycles. The summed E-state index contributed by atoms with van der Waals surface area (Å²) in [4.78, 5) is 13.5. The Morgan fingerprint density at radius 1 is 1.32 bits per heavy atom. The molecule has 4 heteroatoms. The summed E-state index contributed by atoms with van der Waals surface area (Å²) < 4.78 is 12.8. The Bertz CT molecular complexity index is 411. The maximum atomic E-state index is 12.8. The van der Waals surface area contributed by atoms with Crippen LogP contribution in [0.5, 0.6) is 0 Å². The highest BCUT2D eigenvalue weighted by atomic mass is 19.1. The average molecular weight is 264 g/mol. The minimum Gasteiger partial charge on any atom is -0.358 e. The Labute approximate surface area is 113 Å². The van der Waals surface area contributed by atoms with Crippen molar-refractivity contribution in [3.8, 4) is 0 Å². The molecule has 0 aliphatic carbocycles. The fourth-order valence-corrected chi connectivity index (χ4v) is 2.58. The first-order valence-electron chi connectivity index (χ1n) is 6.85. The van der Waals surface area contributed by atoms with Gasteiger partial charge in [0.15, 0.2) is 0 Å². The van der Waals surface area contributed by atoms with Crippen LogP contribution in [0.4, 0.5) is 4.39 Å². The molecule has 0 radical (unpaired) electrons. The van der Waals surface area contributed by atoms with E-state index >= 15 is 0 Å². The van der Waals surface area contributed by atoms with Gasteiger partial charge in [-0.3, -0.25) is 9.69 Å². The first-order chi connectivity index (χ1) is 9.17. The first-order valence-corrected chi connectivity index (χ1v) is 6.85. The smallest absolute Gasteiger partial charge is 0.233 e. The lowest BCUT2D eigenvalue weighted by molar-refractivity contribution is -0.122. The number of nitrogens with one attached hydrogen (secondary N) is 1. The third kappa shape index (κ3) is 4.31. The van der Waals surface area contributed by atoms with E-state index in [1.807, 2.05) is 12.1 Å². The number of amides is 1. The number of hydrogen-bond acceptors (Lipinski definition) is 2. The number of carbonyl (C=O) groups excluding carboxylic acids is 1. The number of nitrogens with zero attached hydrogens (tertiary/aromatic N) is 1. The molecule has 1 aromatic rings. The lowest BCUT2D eigenvalue weighted by Crippen LogP contribution is -2.40. The molecular formula is C15H21FN2O. The van der Waals surface area contributed by atoms with Gasteiger partial charge in [0.25, 0.3) is 0 Å². The number of likely N-dealkylation sites (N-methyl/N-ethyl adjacent to an activating group) is 1. The molecular weight excluding hydrogens is 243 g/mol. The molecule has 0 saturated carbocycles. The van der Waals surface area contributed by atoms with Crippen LogP contribution in [0.15, 0.2) is 24.3 Å². The van der Waals surface area contributed by atoms with Crippen LogP contribution in [0, 0.1) is 11.7 Å². The molecule has 2 rings (SSSR count). The summed E-state index contributed by atoms with van der Waals surface area (Å²) in [5.74, 6) is 0.549. The topological polar surface area (TPSA) is 32.3 Å². The van der Waals surface area contributed by atoms with E-state index < -0.39 is 0 Å². The monoisotopic (exact) mass is 264 g/mol. The van der Waals surface area contributed by atoms with E-state index in [4.69, 9.17) is 0 Å². The molecule has 1 N–H and O–H groups in total. The molecule has 3 nitrogen and oxygen atoms in total. The highest BCUT2D eigenvalue weighted by molar-refractivity contribution is 5.77. The van der Waals surface area contributed by atoms with Gasteiger partial charge in [-0.15, -0.1) is 0 Å². The largest absolute Gasteiger partial charge is 0.358 e. The van der Waals surface area contributed by atoms with Gasteiger partial charge in [0.05, 0.1) is 6.54 Å². The van der Waals surface area contributed by atoms with Crippen LogP contribution in [-0.2, 0) is 11.2 Å². The molecule has 1 aliphatic heterocycles. The van der Waals surface area contributed by atoms with E-state index in [1.165, 1.54) is 17.7 Å². The molecule has 0 atom stereocenters. The van der Waals surface area contributed by atoms with Gasteiger partial charge in [0.2, 0.25) is 5.91 Å². The summed E-state index contributed by atoms with van der Waals surface area (Å²) in [7, 11) is 1.67. The summed E-state index contributed by atoms with van der Waals surface area (Å²) in [6, 6.07) is 6.78. The number of halogens is 1. The molecule has 1 fully saturated rings. The van der Waals surface area contributed by atoms with Crippen LogP contribution in [0.3, 0.4) is 0 Å². The van der Waals surface area contributed by atoms with Crippen LogP contribution < -0.4 is 5.32 Å². The molecule has 0 bridgehead atoms. The summed E-state index contributed by atoms with van der Waals surface area (Å²) in [5, 5.41) is 2.65. The number of carbonyl (C=O) groups is 1. The van der Waals surface area contributed by atoms with Gasteiger partial charge in [-0.1, -0.05) is 12.1 Å². The van der Waals surface area contributed by atoms with Crippen LogP contribution in [0.1, 0.15) is 18.4 Å². The van der Waals surface area contributed by atoms with Crippen LogP contribution in [0.25, 0.3) is 0 Å². The van der Waals surface area contributed by atoms with Crippen LogP contribution in [-0.4, -0.2) is 37.5 Å². The zero-order chi connectivity index (χ0) is 13.7. The van der Waals surface area contributed by atoms with Crippen molar-refractivity contribution in [1.82, 2.24) is 10.2 Å². The third-order valence-electron chi connectivity index (χ3n) is 3.79. The number of likely N-dealkylation sites (tertiary alicyclic amines) is 1. The maximum absolute atomic E-state index is 12.8. The SMILES string of the molecule is CNC(=O)CN1CCC(Cc2ccc(F)cc2)CC1. The highest BCUT2D eigenvalue weighted by Gasteiger charge is 2.20. The van der Waals surface area contributed by atoms with Gasteiger partial charge < -0.3 is 5.32 Å². The van der Waals surface area contributed by atoms with Crippen LogP contribution >= 0.6 is 0 Å². The summed E-state index contributed by atoms with van der Waals surface area (Å²) >= 11 is 0. The lowest BCUT2D eigenvalue weighted by Gasteiger charge is -2.31. The van der Waals surface area contributed by atoms with E-state index in [1.54, 1.807) is 7.05 Å². The highest BCUT2D eigenvalue weighted by Crippen LogP contribution is 2.21. The van der Waals surface area contributed by atoms with E-state index in [0.29, 0.717) is 12.5 Å². The molecule has 104 valence electrons. The Morgan fingerprint density at radius 3 is 2.53 bits per heavy atom. The van der Waals surface area contributed by atoms with Gasteiger partial charge in [-0.2, -0.15) is 0 Å². The second-order valence-corrected chi connectivity index (χ2v) is 5.22. The molecule has 1 aromatic carbocycles. The van der Waals surface area contributed by atoms with Crippen molar-refractivity contribution in [3.63, 3.8) is 0 Å². The second kappa shape index (κ2) is 6.66. The molecule has 1 amide bonds. The number of rotatable bonds is 4.